The lowest BCUT2D eigenvalue weighted by atomic mass is 9.82. The lowest BCUT2D eigenvalue weighted by Crippen LogP contribution is -2.52. The van der Waals surface area contributed by atoms with Crippen molar-refractivity contribution in [2.75, 3.05) is 0 Å². The van der Waals surface area contributed by atoms with Gasteiger partial charge in [-0.25, -0.2) is 4.39 Å². The summed E-state index contributed by atoms with van der Waals surface area (Å²) in [6.07, 6.45) is 1.87. The number of benzene rings is 1. The highest BCUT2D eigenvalue weighted by atomic mass is 35.5. The molecule has 23 heavy (non-hydrogen) atoms. The van der Waals surface area contributed by atoms with Gasteiger partial charge in [0.25, 0.3) is 0 Å². The summed E-state index contributed by atoms with van der Waals surface area (Å²) < 4.78 is 13.8. The van der Waals surface area contributed by atoms with Crippen LogP contribution in [0.5, 0.6) is 0 Å². The number of aryl methyl sites for hydroxylation is 1. The third-order valence-corrected chi connectivity index (χ3v) is 5.23. The third-order valence-electron chi connectivity index (χ3n) is 5.23. The van der Waals surface area contributed by atoms with Gasteiger partial charge in [-0.15, -0.1) is 12.4 Å². The minimum absolute atomic E-state index is 0. The molecule has 2 aliphatic heterocycles. The van der Waals surface area contributed by atoms with Crippen LogP contribution in [0.25, 0.3) is 0 Å². The Bertz CT molecular complexity index is 632. The van der Waals surface area contributed by atoms with E-state index in [0.29, 0.717) is 19.3 Å². The van der Waals surface area contributed by atoms with E-state index in [1.54, 1.807) is 24.8 Å². The monoisotopic (exact) mass is 342 g/mol. The van der Waals surface area contributed by atoms with Gasteiger partial charge in [0.15, 0.2) is 0 Å². The SMILES string of the molecule is Cc1ccc(F)cc1[C@]12CC[C@H](C(C)(C)O)N1C(=O)[C@@H](N)C2.Cl. The van der Waals surface area contributed by atoms with Crippen molar-refractivity contribution in [1.29, 1.82) is 0 Å². The molecule has 2 aliphatic rings. The molecule has 2 fully saturated rings. The average Bonchev–Trinajstić information content (AvgIpc) is 2.90. The summed E-state index contributed by atoms with van der Waals surface area (Å²) in [5, 5.41) is 10.4. The largest absolute Gasteiger partial charge is 0.388 e. The quantitative estimate of drug-likeness (QED) is 0.866. The molecule has 0 saturated carbocycles. The van der Waals surface area contributed by atoms with Crippen molar-refractivity contribution in [2.24, 2.45) is 5.73 Å². The second kappa shape index (κ2) is 5.72. The molecule has 0 unspecified atom stereocenters. The zero-order valence-corrected chi connectivity index (χ0v) is 14.5. The molecule has 4 nitrogen and oxygen atoms in total. The van der Waals surface area contributed by atoms with Crippen molar-refractivity contribution in [3.63, 3.8) is 0 Å². The van der Waals surface area contributed by atoms with Crippen LogP contribution in [0.3, 0.4) is 0 Å². The van der Waals surface area contributed by atoms with E-state index in [9.17, 15) is 14.3 Å². The summed E-state index contributed by atoms with van der Waals surface area (Å²) in [6, 6.07) is 3.80. The molecule has 3 atom stereocenters. The van der Waals surface area contributed by atoms with E-state index in [1.165, 1.54) is 12.1 Å². The fraction of sp³-hybridized carbons (Fsp3) is 0.588. The highest BCUT2D eigenvalue weighted by Gasteiger charge is 2.59. The van der Waals surface area contributed by atoms with Crippen LogP contribution in [-0.2, 0) is 10.3 Å². The van der Waals surface area contributed by atoms with E-state index < -0.39 is 17.2 Å². The predicted molar refractivity (Wildman–Crippen MR) is 88.8 cm³/mol. The normalized spacial score (nSPS) is 30.3. The fourth-order valence-electron chi connectivity index (χ4n) is 4.26. The fourth-order valence-corrected chi connectivity index (χ4v) is 4.26. The Morgan fingerprint density at radius 2 is 2.09 bits per heavy atom. The molecule has 0 radical (unpaired) electrons. The molecular formula is C17H24ClFN2O2. The highest BCUT2D eigenvalue weighted by molar-refractivity contribution is 5.86. The number of nitrogens with zero attached hydrogens (tertiary/aromatic N) is 1. The van der Waals surface area contributed by atoms with Crippen molar-refractivity contribution in [3.05, 3.63) is 35.1 Å². The molecule has 0 aliphatic carbocycles. The van der Waals surface area contributed by atoms with Gasteiger partial charge in [-0.05, 0) is 63.3 Å². The van der Waals surface area contributed by atoms with Crippen molar-refractivity contribution in [1.82, 2.24) is 4.90 Å². The van der Waals surface area contributed by atoms with Gasteiger partial charge in [0, 0.05) is 0 Å². The molecule has 2 heterocycles. The van der Waals surface area contributed by atoms with E-state index in [0.717, 1.165) is 11.1 Å². The maximum Gasteiger partial charge on any atom is 0.240 e. The van der Waals surface area contributed by atoms with Gasteiger partial charge in [-0.3, -0.25) is 4.79 Å². The zero-order chi connectivity index (χ0) is 16.3. The van der Waals surface area contributed by atoms with E-state index in [2.05, 4.69) is 0 Å². The number of halogens is 2. The number of rotatable bonds is 2. The van der Waals surface area contributed by atoms with E-state index in [-0.39, 0.29) is 30.2 Å². The van der Waals surface area contributed by atoms with Crippen molar-refractivity contribution < 1.29 is 14.3 Å². The highest BCUT2D eigenvalue weighted by Crippen LogP contribution is 2.52. The van der Waals surface area contributed by atoms with Crippen molar-refractivity contribution in [2.45, 2.75) is 63.3 Å². The number of aliphatic hydroxyl groups is 1. The number of carbonyl (C=O) groups is 1. The molecule has 1 amide bonds. The van der Waals surface area contributed by atoms with Gasteiger partial charge in [-0.1, -0.05) is 6.07 Å². The van der Waals surface area contributed by atoms with Gasteiger partial charge in [0.05, 0.1) is 23.2 Å². The van der Waals surface area contributed by atoms with Crippen LogP contribution in [-0.4, -0.2) is 33.6 Å². The van der Waals surface area contributed by atoms with E-state index in [1.807, 2.05) is 6.92 Å². The van der Waals surface area contributed by atoms with Crippen molar-refractivity contribution >= 4 is 18.3 Å². The summed E-state index contributed by atoms with van der Waals surface area (Å²) >= 11 is 0. The van der Waals surface area contributed by atoms with Crippen LogP contribution in [0.2, 0.25) is 0 Å². The molecule has 3 rings (SSSR count). The Morgan fingerprint density at radius 1 is 1.43 bits per heavy atom. The maximum absolute atomic E-state index is 13.8. The van der Waals surface area contributed by atoms with Crippen LogP contribution in [0.4, 0.5) is 4.39 Å². The summed E-state index contributed by atoms with van der Waals surface area (Å²) in [6.45, 7) is 5.35. The predicted octanol–water partition coefficient (Wildman–Crippen LogP) is 2.24. The maximum atomic E-state index is 13.8. The molecule has 1 aromatic rings. The molecule has 0 aromatic heterocycles. The van der Waals surface area contributed by atoms with Crippen LogP contribution in [0.1, 0.15) is 44.2 Å². The summed E-state index contributed by atoms with van der Waals surface area (Å²) in [5.74, 6) is -0.456. The zero-order valence-electron chi connectivity index (χ0n) is 13.7. The number of hydrogen-bond acceptors (Lipinski definition) is 3. The van der Waals surface area contributed by atoms with Gasteiger partial charge in [0.2, 0.25) is 5.91 Å². The third kappa shape index (κ3) is 2.65. The molecule has 6 heteroatoms. The van der Waals surface area contributed by atoms with Crippen LogP contribution in [0.15, 0.2) is 18.2 Å². The van der Waals surface area contributed by atoms with E-state index in [4.69, 9.17) is 5.73 Å². The standard InChI is InChI=1S/C17H23FN2O2.ClH/c1-10-4-5-11(18)8-12(10)17-7-6-14(16(2,3)22)20(17)15(21)13(19)9-17;/h4-5,8,13-14,22H,6-7,9,19H2,1-3H3;1H/t13-,14+,17+;/m0./s1. The Hall–Kier alpha value is -1.17. The van der Waals surface area contributed by atoms with Crippen LogP contribution >= 0.6 is 12.4 Å². The minimum atomic E-state index is -1.01. The second-order valence-electron chi connectivity index (χ2n) is 7.22. The minimum Gasteiger partial charge on any atom is -0.388 e. The second-order valence-corrected chi connectivity index (χ2v) is 7.22. The van der Waals surface area contributed by atoms with Gasteiger partial charge < -0.3 is 15.7 Å². The summed E-state index contributed by atoms with van der Waals surface area (Å²) in [4.78, 5) is 14.4. The average molecular weight is 343 g/mol. The first kappa shape index (κ1) is 18.2. The van der Waals surface area contributed by atoms with Gasteiger partial charge in [-0.2, -0.15) is 0 Å². The first-order chi connectivity index (χ1) is 10.2. The lowest BCUT2D eigenvalue weighted by Gasteiger charge is -2.40. The number of nitrogens with two attached hydrogens (primary N) is 1. The number of carbonyl (C=O) groups excluding carboxylic acids is 1. The molecule has 3 N–H and O–H groups in total. The first-order valence-corrected chi connectivity index (χ1v) is 7.74. The van der Waals surface area contributed by atoms with Gasteiger partial charge >= 0.3 is 0 Å². The van der Waals surface area contributed by atoms with Crippen LogP contribution in [0, 0.1) is 12.7 Å². The Balaban J connectivity index is 0.00000192. The molecule has 1 aromatic carbocycles. The molecule has 0 spiro atoms. The smallest absolute Gasteiger partial charge is 0.240 e. The molecular weight excluding hydrogens is 319 g/mol. The Labute approximate surface area is 142 Å². The first-order valence-electron chi connectivity index (χ1n) is 7.74. The molecule has 128 valence electrons. The molecule has 2 saturated heterocycles. The Morgan fingerprint density at radius 3 is 2.70 bits per heavy atom. The van der Waals surface area contributed by atoms with Crippen LogP contribution < -0.4 is 5.73 Å². The molecule has 0 bridgehead atoms. The number of fused-ring (bicyclic) bond motifs is 1. The van der Waals surface area contributed by atoms with Crippen molar-refractivity contribution in [3.8, 4) is 0 Å². The Kier molecular flexibility index (Phi) is 4.52. The van der Waals surface area contributed by atoms with Gasteiger partial charge in [0.1, 0.15) is 5.82 Å². The number of hydrogen-bond donors (Lipinski definition) is 2. The van der Waals surface area contributed by atoms with E-state index >= 15 is 0 Å². The summed E-state index contributed by atoms with van der Waals surface area (Å²) in [7, 11) is 0. The topological polar surface area (TPSA) is 66.6 Å². The lowest BCUT2D eigenvalue weighted by molar-refractivity contribution is -0.138. The summed E-state index contributed by atoms with van der Waals surface area (Å²) in [5.41, 5.74) is 6.19. The number of amides is 1.